The van der Waals surface area contributed by atoms with Crippen molar-refractivity contribution in [2.24, 2.45) is 0 Å². The van der Waals surface area contributed by atoms with Crippen LogP contribution in [-0.4, -0.2) is 16.0 Å². The van der Waals surface area contributed by atoms with Crippen molar-refractivity contribution in [2.45, 2.75) is 26.2 Å². The molecular weight excluding hydrogens is 360 g/mol. The van der Waals surface area contributed by atoms with Gasteiger partial charge in [0, 0.05) is 17.8 Å². The molecule has 0 radical (unpaired) electrons. The topological polar surface area (TPSA) is 69.8 Å². The lowest BCUT2D eigenvalue weighted by Crippen LogP contribution is -2.20. The molecule has 4 aromatic rings. The van der Waals surface area contributed by atoms with Gasteiger partial charge in [-0.2, -0.15) is 0 Å². The van der Waals surface area contributed by atoms with Crippen LogP contribution in [0.3, 0.4) is 0 Å². The average Bonchev–Trinajstić information content (AvgIpc) is 3.16. The van der Waals surface area contributed by atoms with Crippen molar-refractivity contribution in [3.8, 4) is 0 Å². The van der Waals surface area contributed by atoms with Crippen molar-refractivity contribution in [2.75, 3.05) is 10.6 Å². The number of benzene rings is 3. The van der Waals surface area contributed by atoms with Gasteiger partial charge in [-0.3, -0.25) is 0 Å². The number of para-hydroxylation sites is 3. The monoisotopic (exact) mass is 384 g/mol. The summed E-state index contributed by atoms with van der Waals surface area (Å²) in [7, 11) is 0. The number of carbonyl (C=O) groups is 1. The lowest BCUT2D eigenvalue weighted by molar-refractivity contribution is 0.262. The standard InChI is InChI=1S/C24H24N4O/c1-2-18-7-3-4-8-20(18)28-24(29)25-19-14-11-17(12-15-19)13-16-23-26-21-9-5-6-10-22(21)27-23/h3-12,14-15H,2,13,16H2,1H3,(H,26,27)(H2,25,28,29). The zero-order chi connectivity index (χ0) is 20.1. The number of nitrogens with zero attached hydrogens (tertiary/aromatic N) is 1. The fourth-order valence-corrected chi connectivity index (χ4v) is 3.38. The number of hydrogen-bond donors (Lipinski definition) is 3. The molecule has 0 bridgehead atoms. The number of hydrogen-bond acceptors (Lipinski definition) is 2. The molecule has 0 aliphatic rings. The largest absolute Gasteiger partial charge is 0.342 e. The highest BCUT2D eigenvalue weighted by molar-refractivity contribution is 6.00. The molecule has 3 N–H and O–H groups in total. The Hall–Kier alpha value is -3.60. The Balaban J connectivity index is 1.33. The van der Waals surface area contributed by atoms with Gasteiger partial charge in [-0.1, -0.05) is 49.4 Å². The van der Waals surface area contributed by atoms with Crippen LogP contribution in [0.4, 0.5) is 16.2 Å². The minimum absolute atomic E-state index is 0.235. The lowest BCUT2D eigenvalue weighted by atomic mass is 10.1. The molecule has 0 spiro atoms. The Morgan fingerprint density at radius 1 is 0.897 bits per heavy atom. The van der Waals surface area contributed by atoms with Crippen LogP contribution in [0.2, 0.25) is 0 Å². The Bertz CT molecular complexity index is 1080. The average molecular weight is 384 g/mol. The predicted octanol–water partition coefficient (Wildman–Crippen LogP) is 5.55. The first kappa shape index (κ1) is 18.7. The van der Waals surface area contributed by atoms with Crippen LogP contribution < -0.4 is 10.6 Å². The molecule has 4 rings (SSSR count). The number of nitrogens with one attached hydrogen (secondary N) is 3. The molecule has 0 saturated heterocycles. The number of fused-ring (bicyclic) bond motifs is 1. The van der Waals surface area contributed by atoms with E-state index in [-0.39, 0.29) is 6.03 Å². The molecular formula is C24H24N4O. The highest BCUT2D eigenvalue weighted by Gasteiger charge is 2.06. The van der Waals surface area contributed by atoms with Gasteiger partial charge in [-0.05, 0) is 54.3 Å². The van der Waals surface area contributed by atoms with Crippen LogP contribution >= 0.6 is 0 Å². The number of aromatic amines is 1. The number of amides is 2. The Kier molecular flexibility index (Phi) is 5.56. The van der Waals surface area contributed by atoms with Crippen LogP contribution in [0, 0.1) is 0 Å². The third-order valence-electron chi connectivity index (χ3n) is 4.95. The van der Waals surface area contributed by atoms with Crippen LogP contribution in [0.25, 0.3) is 11.0 Å². The first-order valence-electron chi connectivity index (χ1n) is 9.90. The van der Waals surface area contributed by atoms with Crippen LogP contribution in [0.15, 0.2) is 72.8 Å². The fraction of sp³-hybridized carbons (Fsp3) is 0.167. The maximum absolute atomic E-state index is 12.3. The summed E-state index contributed by atoms with van der Waals surface area (Å²) >= 11 is 0. The van der Waals surface area contributed by atoms with Gasteiger partial charge in [-0.25, -0.2) is 9.78 Å². The molecule has 0 atom stereocenters. The maximum Gasteiger partial charge on any atom is 0.323 e. The third kappa shape index (κ3) is 4.63. The minimum Gasteiger partial charge on any atom is -0.342 e. The quantitative estimate of drug-likeness (QED) is 0.408. The first-order chi connectivity index (χ1) is 14.2. The van der Waals surface area contributed by atoms with Gasteiger partial charge >= 0.3 is 6.03 Å². The number of imidazole rings is 1. The molecule has 3 aromatic carbocycles. The molecule has 0 saturated carbocycles. The molecule has 0 unspecified atom stereocenters. The van der Waals surface area contributed by atoms with Crippen LogP contribution in [0.1, 0.15) is 23.9 Å². The number of anilines is 2. The molecule has 2 amide bonds. The maximum atomic E-state index is 12.3. The van der Waals surface area contributed by atoms with E-state index in [1.807, 2.05) is 72.8 Å². The van der Waals surface area contributed by atoms with Crippen molar-refractivity contribution >= 4 is 28.4 Å². The van der Waals surface area contributed by atoms with Crippen molar-refractivity contribution in [1.29, 1.82) is 0 Å². The Morgan fingerprint density at radius 3 is 2.45 bits per heavy atom. The molecule has 0 fully saturated rings. The predicted molar refractivity (Wildman–Crippen MR) is 118 cm³/mol. The molecule has 1 aromatic heterocycles. The van der Waals surface area contributed by atoms with E-state index in [2.05, 4.69) is 27.5 Å². The number of rotatable bonds is 6. The zero-order valence-corrected chi connectivity index (χ0v) is 16.4. The smallest absolute Gasteiger partial charge is 0.323 e. The van der Waals surface area contributed by atoms with Crippen molar-refractivity contribution in [3.05, 3.63) is 89.7 Å². The summed E-state index contributed by atoms with van der Waals surface area (Å²) < 4.78 is 0. The lowest BCUT2D eigenvalue weighted by Gasteiger charge is -2.11. The second-order valence-corrected chi connectivity index (χ2v) is 6.99. The van der Waals surface area contributed by atoms with E-state index in [1.165, 1.54) is 5.56 Å². The number of aryl methyl sites for hydroxylation is 3. The summed E-state index contributed by atoms with van der Waals surface area (Å²) in [5.74, 6) is 0.988. The summed E-state index contributed by atoms with van der Waals surface area (Å²) in [6, 6.07) is 23.6. The van der Waals surface area contributed by atoms with Crippen molar-refractivity contribution in [1.82, 2.24) is 9.97 Å². The van der Waals surface area contributed by atoms with E-state index in [4.69, 9.17) is 0 Å². The van der Waals surface area contributed by atoms with Gasteiger partial charge in [0.1, 0.15) is 5.82 Å². The molecule has 1 heterocycles. The molecule has 0 aliphatic heterocycles. The molecule has 0 aliphatic carbocycles. The summed E-state index contributed by atoms with van der Waals surface area (Å²) in [4.78, 5) is 20.3. The van der Waals surface area contributed by atoms with Gasteiger partial charge in [0.25, 0.3) is 0 Å². The second-order valence-electron chi connectivity index (χ2n) is 6.99. The van der Waals surface area contributed by atoms with E-state index < -0.39 is 0 Å². The molecule has 5 heteroatoms. The number of H-pyrrole nitrogens is 1. The zero-order valence-electron chi connectivity index (χ0n) is 16.4. The van der Waals surface area contributed by atoms with Gasteiger partial charge in [0.2, 0.25) is 0 Å². The third-order valence-corrected chi connectivity index (χ3v) is 4.95. The fourth-order valence-electron chi connectivity index (χ4n) is 3.38. The first-order valence-corrected chi connectivity index (χ1v) is 9.90. The highest BCUT2D eigenvalue weighted by atomic mass is 16.2. The number of aromatic nitrogens is 2. The Morgan fingerprint density at radius 2 is 1.66 bits per heavy atom. The normalized spacial score (nSPS) is 10.8. The van der Waals surface area contributed by atoms with E-state index >= 15 is 0 Å². The summed E-state index contributed by atoms with van der Waals surface area (Å²) in [6.45, 7) is 2.07. The van der Waals surface area contributed by atoms with Gasteiger partial charge in [0.05, 0.1) is 11.0 Å². The Labute approximate surface area is 170 Å². The van der Waals surface area contributed by atoms with E-state index in [0.717, 1.165) is 53.1 Å². The minimum atomic E-state index is -0.235. The molecule has 5 nitrogen and oxygen atoms in total. The van der Waals surface area contributed by atoms with Gasteiger partial charge < -0.3 is 15.6 Å². The van der Waals surface area contributed by atoms with E-state index in [9.17, 15) is 4.79 Å². The summed E-state index contributed by atoms with van der Waals surface area (Å²) in [5.41, 5.74) is 5.99. The second kappa shape index (κ2) is 8.61. The van der Waals surface area contributed by atoms with E-state index in [0.29, 0.717) is 0 Å². The molecule has 146 valence electrons. The number of carbonyl (C=O) groups excluding carboxylic acids is 1. The number of urea groups is 1. The molecule has 29 heavy (non-hydrogen) atoms. The van der Waals surface area contributed by atoms with Gasteiger partial charge in [0.15, 0.2) is 0 Å². The van der Waals surface area contributed by atoms with Crippen molar-refractivity contribution in [3.63, 3.8) is 0 Å². The summed E-state index contributed by atoms with van der Waals surface area (Å²) in [5, 5.41) is 5.81. The van der Waals surface area contributed by atoms with E-state index in [1.54, 1.807) is 0 Å². The SMILES string of the molecule is CCc1ccccc1NC(=O)Nc1ccc(CCc2nc3ccccc3[nH]2)cc1. The highest BCUT2D eigenvalue weighted by Crippen LogP contribution is 2.17. The van der Waals surface area contributed by atoms with Gasteiger partial charge in [-0.15, -0.1) is 0 Å². The summed E-state index contributed by atoms with van der Waals surface area (Å²) in [6.07, 6.45) is 2.60. The van der Waals surface area contributed by atoms with Crippen molar-refractivity contribution < 1.29 is 4.79 Å². The van der Waals surface area contributed by atoms with Crippen LogP contribution in [-0.2, 0) is 19.3 Å². The van der Waals surface area contributed by atoms with Crippen LogP contribution in [0.5, 0.6) is 0 Å².